The van der Waals surface area contributed by atoms with Crippen LogP contribution in [0.4, 0.5) is 10.1 Å². The fraction of sp³-hybridized carbons (Fsp3) is 0.185. The van der Waals surface area contributed by atoms with Gasteiger partial charge in [0.15, 0.2) is 0 Å². The Bertz CT molecular complexity index is 1100. The summed E-state index contributed by atoms with van der Waals surface area (Å²) in [5.74, 6) is -1.23. The highest BCUT2D eigenvalue weighted by molar-refractivity contribution is 6.10. The zero-order valence-corrected chi connectivity index (χ0v) is 18.3. The summed E-state index contributed by atoms with van der Waals surface area (Å²) < 4.78 is 13.3. The molecule has 0 saturated carbocycles. The summed E-state index contributed by atoms with van der Waals surface area (Å²) in [5.41, 5.74) is 3.91. The van der Waals surface area contributed by atoms with Crippen molar-refractivity contribution in [2.24, 2.45) is 0 Å². The lowest BCUT2D eigenvalue weighted by Gasteiger charge is -2.12. The van der Waals surface area contributed by atoms with Crippen LogP contribution < -0.4 is 10.6 Å². The molecule has 0 heterocycles. The Kier molecular flexibility index (Phi) is 7.92. The third-order valence-electron chi connectivity index (χ3n) is 4.98. The summed E-state index contributed by atoms with van der Waals surface area (Å²) in [7, 11) is 0. The molecule has 0 saturated heterocycles. The van der Waals surface area contributed by atoms with Crippen LogP contribution in [0.15, 0.2) is 78.5 Å². The molecule has 3 aromatic rings. The van der Waals surface area contributed by atoms with Crippen LogP contribution in [0.2, 0.25) is 0 Å². The van der Waals surface area contributed by atoms with Crippen LogP contribution in [-0.4, -0.2) is 11.8 Å². The minimum atomic E-state index is -0.465. The van der Waals surface area contributed by atoms with Crippen LogP contribution >= 0.6 is 0 Å². The Hall–Kier alpha value is -3.73. The van der Waals surface area contributed by atoms with Gasteiger partial charge in [0, 0.05) is 11.3 Å². The molecule has 0 atom stereocenters. The largest absolute Gasteiger partial charge is 0.321 e. The van der Waals surface area contributed by atoms with E-state index in [2.05, 4.69) is 17.6 Å². The van der Waals surface area contributed by atoms with Gasteiger partial charge in [0.05, 0.1) is 0 Å². The van der Waals surface area contributed by atoms with Crippen molar-refractivity contribution in [1.29, 1.82) is 0 Å². The van der Waals surface area contributed by atoms with Crippen molar-refractivity contribution in [2.45, 2.75) is 33.1 Å². The molecule has 2 amide bonds. The molecule has 0 aliphatic carbocycles. The van der Waals surface area contributed by atoms with E-state index in [-0.39, 0.29) is 17.4 Å². The first kappa shape index (κ1) is 22.9. The first-order chi connectivity index (χ1) is 15.4. The summed E-state index contributed by atoms with van der Waals surface area (Å²) >= 11 is 0. The standard InChI is InChI=1S/C27H27FN2O2/c1-3-4-7-20-9-13-22(14-10-20)26(31)30-25(18-21-11-15-23(28)16-12-21)27(32)29-24-8-5-6-19(2)17-24/h5-6,8-18H,3-4,7H2,1-2H3,(H,29,32)(H,30,31)/b25-18-. The van der Waals surface area contributed by atoms with Crippen molar-refractivity contribution in [3.63, 3.8) is 0 Å². The second-order valence-electron chi connectivity index (χ2n) is 7.69. The van der Waals surface area contributed by atoms with Crippen molar-refractivity contribution in [3.8, 4) is 0 Å². The SMILES string of the molecule is CCCCc1ccc(C(=O)N/C(=C\c2ccc(F)cc2)C(=O)Nc2cccc(C)c2)cc1. The summed E-state index contributed by atoms with van der Waals surface area (Å²) in [5, 5.41) is 5.52. The van der Waals surface area contributed by atoms with Gasteiger partial charge in [-0.15, -0.1) is 0 Å². The highest BCUT2D eigenvalue weighted by Gasteiger charge is 2.15. The minimum absolute atomic E-state index is 0.0678. The van der Waals surface area contributed by atoms with Crippen LogP contribution in [0.3, 0.4) is 0 Å². The lowest BCUT2D eigenvalue weighted by atomic mass is 10.1. The number of anilines is 1. The molecular formula is C27H27FN2O2. The number of carbonyl (C=O) groups excluding carboxylic acids is 2. The molecular weight excluding hydrogens is 403 g/mol. The second kappa shape index (κ2) is 11.0. The highest BCUT2D eigenvalue weighted by atomic mass is 19.1. The van der Waals surface area contributed by atoms with Crippen molar-refractivity contribution in [3.05, 3.63) is 107 Å². The first-order valence-electron chi connectivity index (χ1n) is 10.7. The summed E-state index contributed by atoms with van der Waals surface area (Å²) in [4.78, 5) is 25.8. The van der Waals surface area contributed by atoms with E-state index in [9.17, 15) is 14.0 Å². The average Bonchev–Trinajstić information content (AvgIpc) is 2.79. The number of hydrogen-bond acceptors (Lipinski definition) is 2. The van der Waals surface area contributed by atoms with Crippen molar-refractivity contribution >= 4 is 23.6 Å². The van der Waals surface area contributed by atoms with E-state index in [1.54, 1.807) is 30.3 Å². The molecule has 0 spiro atoms. The number of hydrogen-bond donors (Lipinski definition) is 2. The molecule has 0 unspecified atom stereocenters. The number of rotatable bonds is 8. The molecule has 0 aromatic heterocycles. The third-order valence-corrected chi connectivity index (χ3v) is 4.98. The van der Waals surface area contributed by atoms with Gasteiger partial charge in [-0.2, -0.15) is 0 Å². The van der Waals surface area contributed by atoms with Crippen molar-refractivity contribution in [2.75, 3.05) is 5.32 Å². The Morgan fingerprint density at radius 1 is 0.969 bits per heavy atom. The van der Waals surface area contributed by atoms with Gasteiger partial charge >= 0.3 is 0 Å². The van der Waals surface area contributed by atoms with Gasteiger partial charge in [-0.1, -0.05) is 49.7 Å². The summed E-state index contributed by atoms with van der Waals surface area (Å²) in [6.07, 6.45) is 4.69. The molecule has 3 rings (SSSR count). The van der Waals surface area contributed by atoms with Crippen molar-refractivity contribution in [1.82, 2.24) is 5.32 Å². The fourth-order valence-corrected chi connectivity index (χ4v) is 3.20. The molecule has 32 heavy (non-hydrogen) atoms. The smallest absolute Gasteiger partial charge is 0.272 e. The maximum absolute atomic E-state index is 13.3. The van der Waals surface area contributed by atoms with E-state index in [0.717, 1.165) is 24.8 Å². The maximum Gasteiger partial charge on any atom is 0.272 e. The Morgan fingerprint density at radius 3 is 2.34 bits per heavy atom. The van der Waals surface area contributed by atoms with Gasteiger partial charge < -0.3 is 10.6 Å². The summed E-state index contributed by atoms with van der Waals surface area (Å²) in [6, 6.07) is 20.5. The summed E-state index contributed by atoms with van der Waals surface area (Å²) in [6.45, 7) is 4.06. The third kappa shape index (κ3) is 6.64. The molecule has 0 radical (unpaired) electrons. The van der Waals surface area contributed by atoms with E-state index in [1.165, 1.54) is 23.8 Å². The second-order valence-corrected chi connectivity index (χ2v) is 7.69. The van der Waals surface area contributed by atoms with Crippen molar-refractivity contribution < 1.29 is 14.0 Å². The molecule has 164 valence electrons. The number of nitrogens with one attached hydrogen (secondary N) is 2. The fourth-order valence-electron chi connectivity index (χ4n) is 3.20. The maximum atomic E-state index is 13.3. The van der Waals surface area contributed by atoms with E-state index >= 15 is 0 Å². The topological polar surface area (TPSA) is 58.2 Å². The lowest BCUT2D eigenvalue weighted by Crippen LogP contribution is -2.30. The number of unbranched alkanes of at least 4 members (excludes halogenated alkanes) is 1. The Labute approximate surface area is 188 Å². The predicted molar refractivity (Wildman–Crippen MR) is 127 cm³/mol. The molecule has 5 heteroatoms. The highest BCUT2D eigenvalue weighted by Crippen LogP contribution is 2.14. The Morgan fingerprint density at radius 2 is 1.69 bits per heavy atom. The van der Waals surface area contributed by atoms with E-state index in [0.29, 0.717) is 16.8 Å². The van der Waals surface area contributed by atoms with Gasteiger partial charge in [-0.3, -0.25) is 9.59 Å². The lowest BCUT2D eigenvalue weighted by molar-refractivity contribution is -0.113. The molecule has 3 aromatic carbocycles. The van der Waals surface area contributed by atoms with Crippen LogP contribution in [-0.2, 0) is 11.2 Å². The number of halogens is 1. The van der Waals surface area contributed by atoms with Crippen LogP contribution in [0.25, 0.3) is 6.08 Å². The first-order valence-corrected chi connectivity index (χ1v) is 10.7. The van der Waals surface area contributed by atoms with Crippen LogP contribution in [0.5, 0.6) is 0 Å². The van der Waals surface area contributed by atoms with E-state index in [1.807, 2.05) is 37.3 Å². The van der Waals surface area contributed by atoms with Gasteiger partial charge in [-0.25, -0.2) is 4.39 Å². The number of aryl methyl sites for hydroxylation is 2. The zero-order valence-electron chi connectivity index (χ0n) is 18.3. The van der Waals surface area contributed by atoms with E-state index in [4.69, 9.17) is 0 Å². The minimum Gasteiger partial charge on any atom is -0.321 e. The molecule has 0 bridgehead atoms. The van der Waals surface area contributed by atoms with Gasteiger partial charge in [0.25, 0.3) is 11.8 Å². The predicted octanol–water partition coefficient (Wildman–Crippen LogP) is 5.89. The van der Waals surface area contributed by atoms with Crippen LogP contribution in [0.1, 0.15) is 46.8 Å². The van der Waals surface area contributed by atoms with E-state index < -0.39 is 5.91 Å². The monoisotopic (exact) mass is 430 g/mol. The molecule has 4 nitrogen and oxygen atoms in total. The average molecular weight is 431 g/mol. The van der Waals surface area contributed by atoms with Gasteiger partial charge in [0.1, 0.15) is 11.5 Å². The number of amides is 2. The van der Waals surface area contributed by atoms with Gasteiger partial charge in [-0.05, 0) is 78.9 Å². The quantitative estimate of drug-likeness (QED) is 0.438. The van der Waals surface area contributed by atoms with Crippen LogP contribution in [0, 0.1) is 12.7 Å². The zero-order chi connectivity index (χ0) is 22.9. The number of benzene rings is 3. The molecule has 0 aliphatic rings. The molecule has 2 N–H and O–H groups in total. The molecule has 0 fully saturated rings. The number of carbonyl (C=O) groups is 2. The van der Waals surface area contributed by atoms with Gasteiger partial charge in [0.2, 0.25) is 0 Å². The normalized spacial score (nSPS) is 11.2. The molecule has 0 aliphatic heterocycles. The Balaban J connectivity index is 1.82.